The van der Waals surface area contributed by atoms with Gasteiger partial charge < -0.3 is 4.42 Å². The fourth-order valence-corrected chi connectivity index (χ4v) is 8.16. The Balaban J connectivity index is 1.16. The molecule has 55 heavy (non-hydrogen) atoms. The lowest BCUT2D eigenvalue weighted by atomic mass is 9.91. The molecular formula is C51H31N3O. The molecule has 11 rings (SSSR count). The van der Waals surface area contributed by atoms with Crippen molar-refractivity contribution in [3.8, 4) is 56.4 Å². The Morgan fingerprint density at radius 1 is 0.291 bits per heavy atom. The highest BCUT2D eigenvalue weighted by atomic mass is 16.3. The number of rotatable bonds is 5. The van der Waals surface area contributed by atoms with Crippen molar-refractivity contribution in [3.63, 3.8) is 0 Å². The molecule has 4 nitrogen and oxygen atoms in total. The van der Waals surface area contributed by atoms with Gasteiger partial charge in [-0.1, -0.05) is 164 Å². The van der Waals surface area contributed by atoms with Crippen molar-refractivity contribution in [2.45, 2.75) is 0 Å². The highest BCUT2D eigenvalue weighted by Crippen LogP contribution is 2.41. The molecule has 2 aromatic heterocycles. The summed E-state index contributed by atoms with van der Waals surface area (Å²) in [4.78, 5) is 15.8. The molecule has 4 heteroatoms. The highest BCUT2D eigenvalue weighted by Gasteiger charge is 2.20. The van der Waals surface area contributed by atoms with Crippen molar-refractivity contribution in [2.24, 2.45) is 0 Å². The van der Waals surface area contributed by atoms with Crippen molar-refractivity contribution < 1.29 is 4.42 Å². The minimum absolute atomic E-state index is 0.554. The molecule has 0 saturated heterocycles. The van der Waals surface area contributed by atoms with Crippen LogP contribution in [0.3, 0.4) is 0 Å². The average molecular weight is 702 g/mol. The van der Waals surface area contributed by atoms with E-state index in [2.05, 4.69) is 164 Å². The molecule has 2 heterocycles. The molecule has 0 fully saturated rings. The molecule has 0 saturated carbocycles. The first-order valence-electron chi connectivity index (χ1n) is 18.5. The maximum atomic E-state index is 6.53. The van der Waals surface area contributed by atoms with Crippen molar-refractivity contribution in [1.29, 1.82) is 0 Å². The SMILES string of the molecule is c1cc(-c2nc(-c3ccccc3-c3cc4ccccc4c4ccccc34)nc(-c3cccc4c3oc3ccccc34)n2)cc(-c2cccc3ccccc23)c1. The summed E-state index contributed by atoms with van der Waals surface area (Å²) in [6, 6.07) is 65.8. The van der Waals surface area contributed by atoms with Gasteiger partial charge in [-0.25, -0.2) is 15.0 Å². The van der Waals surface area contributed by atoms with Crippen LogP contribution in [0.15, 0.2) is 192 Å². The van der Waals surface area contributed by atoms with E-state index in [9.17, 15) is 0 Å². The van der Waals surface area contributed by atoms with Crippen LogP contribution < -0.4 is 0 Å². The van der Waals surface area contributed by atoms with E-state index in [1.807, 2.05) is 24.3 Å². The van der Waals surface area contributed by atoms with Crippen molar-refractivity contribution >= 4 is 54.3 Å². The van der Waals surface area contributed by atoms with Crippen LogP contribution in [0.2, 0.25) is 0 Å². The first-order valence-corrected chi connectivity index (χ1v) is 18.5. The second-order valence-corrected chi connectivity index (χ2v) is 13.9. The summed E-state index contributed by atoms with van der Waals surface area (Å²) in [6.07, 6.45) is 0. The lowest BCUT2D eigenvalue weighted by Gasteiger charge is -2.15. The maximum absolute atomic E-state index is 6.53. The molecule has 0 atom stereocenters. The number of nitrogens with zero attached hydrogens (tertiary/aromatic N) is 3. The fourth-order valence-electron chi connectivity index (χ4n) is 8.16. The molecule has 9 aromatic carbocycles. The Morgan fingerprint density at radius 3 is 1.71 bits per heavy atom. The van der Waals surface area contributed by atoms with E-state index in [1.165, 1.54) is 32.3 Å². The van der Waals surface area contributed by atoms with Gasteiger partial charge in [-0.3, -0.25) is 0 Å². The van der Waals surface area contributed by atoms with E-state index in [1.54, 1.807) is 0 Å². The van der Waals surface area contributed by atoms with Gasteiger partial charge in [0, 0.05) is 21.9 Å². The topological polar surface area (TPSA) is 51.8 Å². The molecule has 0 unspecified atom stereocenters. The summed E-state index contributed by atoms with van der Waals surface area (Å²) in [5.41, 5.74) is 8.67. The lowest BCUT2D eigenvalue weighted by Crippen LogP contribution is -2.01. The second kappa shape index (κ2) is 12.6. The lowest BCUT2D eigenvalue weighted by molar-refractivity contribution is 0.669. The third kappa shape index (κ3) is 5.19. The molecular weight excluding hydrogens is 671 g/mol. The van der Waals surface area contributed by atoms with Crippen LogP contribution in [0.25, 0.3) is 111 Å². The smallest absolute Gasteiger partial charge is 0.167 e. The minimum atomic E-state index is 0.554. The predicted octanol–water partition coefficient (Wildman–Crippen LogP) is 13.6. The number of hydrogen-bond acceptors (Lipinski definition) is 4. The summed E-state index contributed by atoms with van der Waals surface area (Å²) >= 11 is 0. The zero-order valence-corrected chi connectivity index (χ0v) is 29.6. The van der Waals surface area contributed by atoms with E-state index in [4.69, 9.17) is 19.4 Å². The standard InChI is InChI=1S/C51H31N3O/c1-3-19-36-32(14-1)16-12-26-37(36)33-17-11-18-35(30-33)49-52-50(54-51(53-49)45-28-13-27-43-42-24-9-10-29-47(42)55-48(43)45)44-25-8-7-23-41(44)46-31-34-15-2-4-20-38(34)39-21-5-6-22-40(39)46/h1-31H. The summed E-state index contributed by atoms with van der Waals surface area (Å²) < 4.78 is 6.53. The predicted molar refractivity (Wildman–Crippen MR) is 227 cm³/mol. The maximum Gasteiger partial charge on any atom is 0.167 e. The molecule has 0 aliphatic rings. The molecule has 11 aromatic rings. The van der Waals surface area contributed by atoms with Gasteiger partial charge in [-0.2, -0.15) is 0 Å². The van der Waals surface area contributed by atoms with Gasteiger partial charge in [-0.15, -0.1) is 0 Å². The number of fused-ring (bicyclic) bond motifs is 7. The molecule has 0 radical (unpaired) electrons. The minimum Gasteiger partial charge on any atom is -0.455 e. The summed E-state index contributed by atoms with van der Waals surface area (Å²) in [6.45, 7) is 0. The van der Waals surface area contributed by atoms with E-state index in [0.717, 1.165) is 60.9 Å². The van der Waals surface area contributed by atoms with Crippen LogP contribution in [-0.4, -0.2) is 15.0 Å². The third-order valence-corrected chi connectivity index (χ3v) is 10.7. The number of hydrogen-bond donors (Lipinski definition) is 0. The van der Waals surface area contributed by atoms with Gasteiger partial charge in [0.05, 0.1) is 5.56 Å². The van der Waals surface area contributed by atoms with E-state index >= 15 is 0 Å². The van der Waals surface area contributed by atoms with Gasteiger partial charge in [0.1, 0.15) is 11.2 Å². The van der Waals surface area contributed by atoms with E-state index in [-0.39, 0.29) is 0 Å². The molecule has 256 valence electrons. The molecule has 0 spiro atoms. The zero-order chi connectivity index (χ0) is 36.3. The van der Waals surface area contributed by atoms with Crippen LogP contribution >= 0.6 is 0 Å². The average Bonchev–Trinajstić information content (AvgIpc) is 3.65. The van der Waals surface area contributed by atoms with Gasteiger partial charge >= 0.3 is 0 Å². The molecule has 0 N–H and O–H groups in total. The van der Waals surface area contributed by atoms with Crippen molar-refractivity contribution in [2.75, 3.05) is 0 Å². The summed E-state index contributed by atoms with van der Waals surface area (Å²) in [5, 5.41) is 9.29. The Kier molecular flexibility index (Phi) is 7.14. The van der Waals surface area contributed by atoms with Gasteiger partial charge in [0.25, 0.3) is 0 Å². The first kappa shape index (κ1) is 31.1. The van der Waals surface area contributed by atoms with Crippen molar-refractivity contribution in [3.05, 3.63) is 188 Å². The Morgan fingerprint density at radius 2 is 0.836 bits per heavy atom. The molecule has 0 aliphatic carbocycles. The number of furan rings is 1. The largest absolute Gasteiger partial charge is 0.455 e. The van der Waals surface area contributed by atoms with Gasteiger partial charge in [0.15, 0.2) is 17.5 Å². The molecule has 0 bridgehead atoms. The third-order valence-electron chi connectivity index (χ3n) is 10.7. The molecule has 0 amide bonds. The monoisotopic (exact) mass is 701 g/mol. The Labute approximate surface area is 317 Å². The number of para-hydroxylation sites is 2. The van der Waals surface area contributed by atoms with Gasteiger partial charge in [-0.05, 0) is 78.8 Å². The number of aromatic nitrogens is 3. The summed E-state index contributed by atoms with van der Waals surface area (Å²) in [7, 11) is 0. The van der Waals surface area contributed by atoms with E-state index < -0.39 is 0 Å². The van der Waals surface area contributed by atoms with Gasteiger partial charge in [0.2, 0.25) is 0 Å². The van der Waals surface area contributed by atoms with Crippen LogP contribution in [0.4, 0.5) is 0 Å². The normalized spacial score (nSPS) is 11.6. The number of benzene rings is 9. The fraction of sp³-hybridized carbons (Fsp3) is 0. The Hall–Kier alpha value is -7.43. The van der Waals surface area contributed by atoms with Crippen LogP contribution in [0.1, 0.15) is 0 Å². The quantitative estimate of drug-likeness (QED) is 0.168. The zero-order valence-electron chi connectivity index (χ0n) is 29.6. The van der Waals surface area contributed by atoms with Crippen LogP contribution in [-0.2, 0) is 0 Å². The van der Waals surface area contributed by atoms with E-state index in [0.29, 0.717) is 17.5 Å². The van der Waals surface area contributed by atoms with Crippen LogP contribution in [0.5, 0.6) is 0 Å². The summed E-state index contributed by atoms with van der Waals surface area (Å²) in [5.74, 6) is 1.74. The second-order valence-electron chi connectivity index (χ2n) is 13.9. The Bertz CT molecular complexity index is 3280. The molecule has 0 aliphatic heterocycles. The first-order chi connectivity index (χ1) is 27.3. The van der Waals surface area contributed by atoms with Crippen molar-refractivity contribution in [1.82, 2.24) is 15.0 Å². The van der Waals surface area contributed by atoms with Crippen LogP contribution in [0, 0.1) is 0 Å². The highest BCUT2D eigenvalue weighted by molar-refractivity contribution is 6.15.